The number of likely N-dealkylation sites (tertiary alicyclic amines) is 1. The maximum Gasteiger partial charge on any atom is 0.410 e. The zero-order valence-electron chi connectivity index (χ0n) is 14.8. The van der Waals surface area contributed by atoms with Gasteiger partial charge in [-0.15, -0.1) is 0 Å². The highest BCUT2D eigenvalue weighted by Crippen LogP contribution is 2.37. The molecule has 2 bridgehead atoms. The van der Waals surface area contributed by atoms with Crippen molar-refractivity contribution in [1.82, 2.24) is 4.90 Å². The number of fused-ring (bicyclic) bond motifs is 2. The standard InChI is InChI=1S/C18H23N3O4/c1-5-12-8-13(6-7-16(12)21(23)24)19-10-15-9-14(19)11-20(15)17(22)25-18(2,3)4/h5-8,14-15H,1,9-11H2,2-4H3/t14-,15-/m1/s1. The van der Waals surface area contributed by atoms with Crippen molar-refractivity contribution in [3.63, 3.8) is 0 Å². The number of amides is 1. The molecule has 7 heteroatoms. The summed E-state index contributed by atoms with van der Waals surface area (Å²) >= 11 is 0. The fourth-order valence-corrected chi connectivity index (χ4v) is 3.58. The Morgan fingerprint density at radius 3 is 2.60 bits per heavy atom. The first-order valence-electron chi connectivity index (χ1n) is 8.37. The van der Waals surface area contributed by atoms with Crippen LogP contribution in [0.25, 0.3) is 6.08 Å². The lowest BCUT2D eigenvalue weighted by Gasteiger charge is -2.36. The van der Waals surface area contributed by atoms with E-state index in [1.54, 1.807) is 17.0 Å². The van der Waals surface area contributed by atoms with E-state index in [9.17, 15) is 14.9 Å². The molecule has 2 heterocycles. The maximum absolute atomic E-state index is 12.3. The smallest absolute Gasteiger partial charge is 0.410 e. The second kappa shape index (κ2) is 6.06. The Labute approximate surface area is 147 Å². The summed E-state index contributed by atoms with van der Waals surface area (Å²) in [6.07, 6.45) is 2.12. The highest BCUT2D eigenvalue weighted by Gasteiger charge is 2.46. The van der Waals surface area contributed by atoms with E-state index in [0.29, 0.717) is 18.7 Å². The van der Waals surface area contributed by atoms with Gasteiger partial charge >= 0.3 is 6.09 Å². The van der Waals surface area contributed by atoms with Crippen molar-refractivity contribution >= 4 is 23.5 Å². The molecule has 7 nitrogen and oxygen atoms in total. The van der Waals surface area contributed by atoms with Crippen molar-refractivity contribution in [2.75, 3.05) is 18.0 Å². The minimum Gasteiger partial charge on any atom is -0.444 e. The van der Waals surface area contributed by atoms with Crippen LogP contribution in [-0.2, 0) is 4.74 Å². The van der Waals surface area contributed by atoms with Crippen molar-refractivity contribution in [1.29, 1.82) is 0 Å². The van der Waals surface area contributed by atoms with Gasteiger partial charge in [-0.05, 0) is 39.3 Å². The van der Waals surface area contributed by atoms with Crippen molar-refractivity contribution < 1.29 is 14.5 Å². The third-order valence-electron chi connectivity index (χ3n) is 4.63. The second-order valence-electron chi connectivity index (χ2n) is 7.53. The molecule has 134 valence electrons. The van der Waals surface area contributed by atoms with E-state index in [1.165, 1.54) is 12.1 Å². The normalized spacial score (nSPS) is 22.2. The van der Waals surface area contributed by atoms with Gasteiger partial charge < -0.3 is 14.5 Å². The molecule has 2 atom stereocenters. The summed E-state index contributed by atoms with van der Waals surface area (Å²) in [7, 11) is 0. The molecule has 1 aromatic carbocycles. The molecule has 0 aliphatic carbocycles. The second-order valence-corrected chi connectivity index (χ2v) is 7.53. The quantitative estimate of drug-likeness (QED) is 0.619. The number of nitro groups is 1. The van der Waals surface area contributed by atoms with E-state index in [2.05, 4.69) is 11.5 Å². The molecule has 3 rings (SSSR count). The minimum atomic E-state index is -0.504. The Bertz CT molecular complexity index is 726. The van der Waals surface area contributed by atoms with Gasteiger partial charge in [0.1, 0.15) is 5.60 Å². The number of hydrogen-bond donors (Lipinski definition) is 0. The number of nitro benzene ring substituents is 1. The molecule has 2 aliphatic heterocycles. The van der Waals surface area contributed by atoms with Crippen LogP contribution in [0.4, 0.5) is 16.2 Å². The summed E-state index contributed by atoms with van der Waals surface area (Å²) in [5.74, 6) is 0. The van der Waals surface area contributed by atoms with Crippen molar-refractivity contribution in [2.24, 2.45) is 0 Å². The van der Waals surface area contributed by atoms with Crippen LogP contribution in [0.5, 0.6) is 0 Å². The first-order valence-corrected chi connectivity index (χ1v) is 8.37. The van der Waals surface area contributed by atoms with Crippen LogP contribution in [0.1, 0.15) is 32.8 Å². The fraction of sp³-hybridized carbons (Fsp3) is 0.500. The average molecular weight is 345 g/mol. The predicted molar refractivity (Wildman–Crippen MR) is 95.7 cm³/mol. The fourth-order valence-electron chi connectivity index (χ4n) is 3.58. The average Bonchev–Trinajstić information content (AvgIpc) is 3.12. The number of ether oxygens (including phenoxy) is 1. The molecule has 0 radical (unpaired) electrons. The summed E-state index contributed by atoms with van der Waals surface area (Å²) in [5.41, 5.74) is 0.986. The molecule has 2 saturated heterocycles. The SMILES string of the molecule is C=Cc1cc(N2C[C@H]3C[C@@H]2CN3C(=O)OC(C)(C)C)ccc1[N+](=O)[O-]. The number of piperazine rings is 1. The Kier molecular flexibility index (Phi) is 4.18. The van der Waals surface area contributed by atoms with Gasteiger partial charge in [-0.1, -0.05) is 12.7 Å². The number of carbonyl (C=O) groups is 1. The topological polar surface area (TPSA) is 75.9 Å². The van der Waals surface area contributed by atoms with Crippen LogP contribution in [0.2, 0.25) is 0 Å². The van der Waals surface area contributed by atoms with Gasteiger partial charge in [0, 0.05) is 30.9 Å². The molecular weight excluding hydrogens is 322 g/mol. The summed E-state index contributed by atoms with van der Waals surface area (Å²) in [6, 6.07) is 5.40. The summed E-state index contributed by atoms with van der Waals surface area (Å²) in [6.45, 7) is 10.6. The molecule has 1 amide bonds. The van der Waals surface area contributed by atoms with E-state index in [1.807, 2.05) is 20.8 Å². The number of carbonyl (C=O) groups excluding carboxylic acids is 1. The van der Waals surface area contributed by atoms with Gasteiger partial charge in [0.25, 0.3) is 5.69 Å². The lowest BCUT2D eigenvalue weighted by atomic mass is 10.1. The van der Waals surface area contributed by atoms with Gasteiger partial charge in [0.15, 0.2) is 0 Å². The number of benzene rings is 1. The highest BCUT2D eigenvalue weighted by molar-refractivity contribution is 5.71. The number of anilines is 1. The maximum atomic E-state index is 12.3. The molecule has 0 aromatic heterocycles. The van der Waals surface area contributed by atoms with Crippen molar-refractivity contribution in [3.05, 3.63) is 40.5 Å². The van der Waals surface area contributed by atoms with Gasteiger partial charge in [-0.25, -0.2) is 4.79 Å². The van der Waals surface area contributed by atoms with Gasteiger partial charge in [-0.3, -0.25) is 10.1 Å². The lowest BCUT2D eigenvalue weighted by Crippen LogP contribution is -2.50. The van der Waals surface area contributed by atoms with E-state index in [4.69, 9.17) is 4.74 Å². The third-order valence-corrected chi connectivity index (χ3v) is 4.63. The minimum absolute atomic E-state index is 0.0542. The molecule has 25 heavy (non-hydrogen) atoms. The van der Waals surface area contributed by atoms with Crippen molar-refractivity contribution in [3.8, 4) is 0 Å². The number of hydrogen-bond acceptors (Lipinski definition) is 5. The number of rotatable bonds is 3. The Balaban J connectivity index is 1.74. The zero-order chi connectivity index (χ0) is 18.4. The van der Waals surface area contributed by atoms with Crippen LogP contribution < -0.4 is 4.90 Å². The summed E-state index contributed by atoms with van der Waals surface area (Å²) in [4.78, 5) is 27.0. The Morgan fingerprint density at radius 2 is 2.08 bits per heavy atom. The summed E-state index contributed by atoms with van der Waals surface area (Å²) < 4.78 is 5.47. The molecule has 0 spiro atoms. The first kappa shape index (κ1) is 17.3. The van der Waals surface area contributed by atoms with Gasteiger partial charge in [0.2, 0.25) is 0 Å². The zero-order valence-corrected chi connectivity index (χ0v) is 14.8. The molecule has 0 N–H and O–H groups in total. The third kappa shape index (κ3) is 3.31. The Hall–Kier alpha value is -2.57. The van der Waals surface area contributed by atoms with Gasteiger partial charge in [-0.2, -0.15) is 0 Å². The van der Waals surface area contributed by atoms with E-state index in [0.717, 1.165) is 12.1 Å². The molecule has 1 aromatic rings. The van der Waals surface area contributed by atoms with E-state index in [-0.39, 0.29) is 23.9 Å². The van der Waals surface area contributed by atoms with Crippen LogP contribution in [0.3, 0.4) is 0 Å². The molecule has 2 aliphatic rings. The van der Waals surface area contributed by atoms with Gasteiger partial charge in [0.05, 0.1) is 16.5 Å². The highest BCUT2D eigenvalue weighted by atomic mass is 16.6. The van der Waals surface area contributed by atoms with Crippen LogP contribution in [0, 0.1) is 10.1 Å². The predicted octanol–water partition coefficient (Wildman–Crippen LogP) is 3.44. The Morgan fingerprint density at radius 1 is 1.36 bits per heavy atom. The van der Waals surface area contributed by atoms with Crippen LogP contribution in [0.15, 0.2) is 24.8 Å². The van der Waals surface area contributed by atoms with Crippen molar-refractivity contribution in [2.45, 2.75) is 44.9 Å². The molecular formula is C18H23N3O4. The summed E-state index contributed by atoms with van der Waals surface area (Å²) in [5, 5.41) is 11.1. The lowest BCUT2D eigenvalue weighted by molar-refractivity contribution is -0.385. The number of nitrogens with zero attached hydrogens (tertiary/aromatic N) is 3. The monoisotopic (exact) mass is 345 g/mol. The molecule has 0 unspecified atom stereocenters. The van der Waals surface area contributed by atoms with Crippen LogP contribution in [-0.4, -0.2) is 46.7 Å². The first-order chi connectivity index (χ1) is 11.7. The molecule has 0 saturated carbocycles. The van der Waals surface area contributed by atoms with E-state index >= 15 is 0 Å². The van der Waals surface area contributed by atoms with E-state index < -0.39 is 10.5 Å². The largest absolute Gasteiger partial charge is 0.444 e. The molecule has 2 fully saturated rings. The van der Waals surface area contributed by atoms with Crippen LogP contribution >= 0.6 is 0 Å².